The van der Waals surface area contributed by atoms with Gasteiger partial charge in [0.25, 0.3) is 0 Å². The van der Waals surface area contributed by atoms with Crippen LogP contribution in [0.5, 0.6) is 0 Å². The second kappa shape index (κ2) is 13.8. The van der Waals surface area contributed by atoms with E-state index in [1.54, 1.807) is 0 Å². The van der Waals surface area contributed by atoms with E-state index in [1.807, 2.05) is 11.3 Å². The van der Waals surface area contributed by atoms with Gasteiger partial charge < -0.3 is 18.4 Å². The van der Waals surface area contributed by atoms with E-state index in [9.17, 15) is 0 Å². The van der Waals surface area contributed by atoms with Gasteiger partial charge in [-0.3, -0.25) is 0 Å². The summed E-state index contributed by atoms with van der Waals surface area (Å²) in [6.45, 7) is 8.39. The van der Waals surface area contributed by atoms with Crippen molar-refractivity contribution < 1.29 is 9.31 Å². The van der Waals surface area contributed by atoms with Crippen LogP contribution < -0.4 is 5.46 Å². The van der Waals surface area contributed by atoms with Crippen molar-refractivity contribution in [1.82, 2.24) is 9.13 Å². The molecule has 9 aromatic carbocycles. The molecular weight excluding hydrogens is 800 g/mol. The standard InChI is InChI=1S/C58H43BN2O2S/c1-57(2)58(3,4)63-59(62-57)39-27-23-36(24-28-39)41-16-11-18-43-42(41)17-12-21-52(43)61-51-20-9-6-14-45(51)47-31-26-38(34-54(47)61)37-25-30-46-44-13-5-8-19-50(44)60(53(46)33-37)40-29-32-49-48-15-7-10-22-55(48)64-56(49)35-40/h5-35H,1-4H3. The van der Waals surface area contributed by atoms with E-state index in [0.29, 0.717) is 0 Å². The lowest BCUT2D eigenvalue weighted by Crippen LogP contribution is -2.41. The van der Waals surface area contributed by atoms with Crippen LogP contribution in [0.4, 0.5) is 0 Å². The minimum Gasteiger partial charge on any atom is -0.399 e. The first-order valence-corrected chi connectivity index (χ1v) is 23.0. The maximum Gasteiger partial charge on any atom is 0.494 e. The number of para-hydroxylation sites is 2. The first kappa shape index (κ1) is 37.6. The van der Waals surface area contributed by atoms with E-state index >= 15 is 0 Å². The smallest absolute Gasteiger partial charge is 0.399 e. The van der Waals surface area contributed by atoms with Gasteiger partial charge in [-0.25, -0.2) is 0 Å². The summed E-state index contributed by atoms with van der Waals surface area (Å²) >= 11 is 1.87. The molecule has 1 aliphatic heterocycles. The van der Waals surface area contributed by atoms with E-state index in [0.717, 1.165) is 16.7 Å². The number of nitrogens with zero attached hydrogens (tertiary/aromatic N) is 2. The van der Waals surface area contributed by atoms with Crippen LogP contribution in [-0.4, -0.2) is 27.5 Å². The molecule has 0 amide bonds. The Balaban J connectivity index is 0.947. The minimum absolute atomic E-state index is 0.388. The molecule has 1 aliphatic rings. The van der Waals surface area contributed by atoms with Gasteiger partial charge in [-0.15, -0.1) is 11.3 Å². The molecule has 4 heterocycles. The molecule has 0 atom stereocenters. The predicted molar refractivity (Wildman–Crippen MR) is 272 cm³/mol. The fourth-order valence-corrected chi connectivity index (χ4v) is 11.4. The van der Waals surface area contributed by atoms with E-state index < -0.39 is 7.12 Å². The predicted octanol–water partition coefficient (Wildman–Crippen LogP) is 15.0. The van der Waals surface area contributed by atoms with Crippen LogP contribution in [0.2, 0.25) is 0 Å². The first-order valence-electron chi connectivity index (χ1n) is 22.2. The lowest BCUT2D eigenvalue weighted by atomic mass is 9.78. The van der Waals surface area contributed by atoms with E-state index in [-0.39, 0.29) is 11.2 Å². The van der Waals surface area contributed by atoms with Crippen molar-refractivity contribution in [2.75, 3.05) is 0 Å². The van der Waals surface area contributed by atoms with Gasteiger partial charge in [-0.2, -0.15) is 0 Å². The number of hydrogen-bond acceptors (Lipinski definition) is 3. The summed E-state index contributed by atoms with van der Waals surface area (Å²) in [6, 6.07) is 69.4. The molecule has 0 aliphatic carbocycles. The molecule has 12 aromatic rings. The highest BCUT2D eigenvalue weighted by molar-refractivity contribution is 7.25. The summed E-state index contributed by atoms with van der Waals surface area (Å²) in [5, 5.41) is 10.0. The van der Waals surface area contributed by atoms with Gasteiger partial charge in [0.1, 0.15) is 0 Å². The minimum atomic E-state index is -0.395. The fourth-order valence-electron chi connectivity index (χ4n) is 10.2. The number of benzene rings is 9. The summed E-state index contributed by atoms with van der Waals surface area (Å²) in [6.07, 6.45) is 0. The summed E-state index contributed by atoms with van der Waals surface area (Å²) in [5.41, 5.74) is 12.1. The molecule has 13 rings (SSSR count). The number of rotatable bonds is 5. The Hall–Kier alpha value is -6.96. The zero-order valence-corrected chi connectivity index (χ0v) is 36.9. The third kappa shape index (κ3) is 5.56. The summed E-state index contributed by atoms with van der Waals surface area (Å²) in [7, 11) is -0.395. The van der Waals surface area contributed by atoms with Gasteiger partial charge in [0.05, 0.1) is 39.0 Å². The number of hydrogen-bond donors (Lipinski definition) is 0. The Morgan fingerprint density at radius 1 is 0.391 bits per heavy atom. The Morgan fingerprint density at radius 3 is 1.61 bits per heavy atom. The van der Waals surface area contributed by atoms with Crippen molar-refractivity contribution in [1.29, 1.82) is 0 Å². The third-order valence-corrected chi connectivity index (χ3v) is 15.3. The van der Waals surface area contributed by atoms with Gasteiger partial charge in [-0.1, -0.05) is 140 Å². The molecule has 6 heteroatoms. The molecule has 0 unspecified atom stereocenters. The summed E-state index contributed by atoms with van der Waals surface area (Å²) < 4.78 is 20.3. The topological polar surface area (TPSA) is 28.3 Å². The van der Waals surface area contributed by atoms with Crippen LogP contribution in [-0.2, 0) is 9.31 Å². The fraction of sp³-hybridized carbons (Fsp3) is 0.103. The molecule has 4 nitrogen and oxygen atoms in total. The van der Waals surface area contributed by atoms with Crippen LogP contribution >= 0.6 is 11.3 Å². The van der Waals surface area contributed by atoms with E-state index in [4.69, 9.17) is 9.31 Å². The van der Waals surface area contributed by atoms with Gasteiger partial charge in [0, 0.05) is 52.8 Å². The second-order valence-corrected chi connectivity index (χ2v) is 19.4. The molecule has 0 saturated carbocycles. The highest BCUT2D eigenvalue weighted by Crippen LogP contribution is 2.42. The maximum absolute atomic E-state index is 6.38. The quantitative estimate of drug-likeness (QED) is 0.162. The zero-order chi connectivity index (χ0) is 42.9. The normalized spacial score (nSPS) is 15.0. The van der Waals surface area contributed by atoms with Crippen LogP contribution in [0.25, 0.3) is 108 Å². The average molecular weight is 843 g/mol. The highest BCUT2D eigenvalue weighted by atomic mass is 32.1. The summed E-state index contributed by atoms with van der Waals surface area (Å²) in [4.78, 5) is 0. The largest absolute Gasteiger partial charge is 0.494 e. The Labute approximate surface area is 375 Å². The maximum atomic E-state index is 6.38. The van der Waals surface area contributed by atoms with Gasteiger partial charge >= 0.3 is 7.12 Å². The molecule has 0 N–H and O–H groups in total. The van der Waals surface area contributed by atoms with Crippen molar-refractivity contribution in [3.8, 4) is 33.6 Å². The summed E-state index contributed by atoms with van der Waals surface area (Å²) in [5.74, 6) is 0. The van der Waals surface area contributed by atoms with E-state index in [1.165, 1.54) is 96.9 Å². The molecule has 0 spiro atoms. The Bertz CT molecular complexity index is 3860. The molecule has 306 valence electrons. The van der Waals surface area contributed by atoms with E-state index in [2.05, 4.69) is 225 Å². The van der Waals surface area contributed by atoms with Crippen LogP contribution in [0.1, 0.15) is 27.7 Å². The average Bonchev–Trinajstić information content (AvgIpc) is 4.03. The number of thiophene rings is 1. The third-order valence-electron chi connectivity index (χ3n) is 14.2. The SMILES string of the molecule is CC1(C)OB(c2ccc(-c3cccc4c(-n5c6ccccc6c6ccc(-c7ccc8c9ccccc9n(-c9ccc%10c(c9)sc9ccccc9%10)c8c7)cc65)cccc34)cc2)OC1(C)C. The number of fused-ring (bicyclic) bond motifs is 10. The first-order chi connectivity index (χ1) is 31.2. The lowest BCUT2D eigenvalue weighted by Gasteiger charge is -2.32. The van der Waals surface area contributed by atoms with Crippen molar-refractivity contribution in [3.05, 3.63) is 188 Å². The molecule has 0 bridgehead atoms. The lowest BCUT2D eigenvalue weighted by molar-refractivity contribution is 0.00578. The zero-order valence-electron chi connectivity index (χ0n) is 36.1. The van der Waals surface area contributed by atoms with Crippen molar-refractivity contribution in [3.63, 3.8) is 0 Å². The molecule has 3 aromatic heterocycles. The Kier molecular flexibility index (Phi) is 8.09. The molecular formula is C58H43BN2O2S. The van der Waals surface area contributed by atoms with Crippen LogP contribution in [0, 0.1) is 0 Å². The second-order valence-electron chi connectivity index (χ2n) is 18.3. The number of aromatic nitrogens is 2. The van der Waals surface area contributed by atoms with Gasteiger partial charge in [0.15, 0.2) is 0 Å². The molecule has 0 radical (unpaired) electrons. The highest BCUT2D eigenvalue weighted by Gasteiger charge is 2.51. The Morgan fingerprint density at radius 2 is 0.906 bits per heavy atom. The molecule has 1 fully saturated rings. The van der Waals surface area contributed by atoms with Crippen molar-refractivity contribution >= 4 is 98.5 Å². The van der Waals surface area contributed by atoms with Gasteiger partial charge in [-0.05, 0) is 109 Å². The molecule has 64 heavy (non-hydrogen) atoms. The van der Waals surface area contributed by atoms with Crippen LogP contribution in [0.3, 0.4) is 0 Å². The van der Waals surface area contributed by atoms with Crippen LogP contribution in [0.15, 0.2) is 188 Å². The monoisotopic (exact) mass is 842 g/mol. The van der Waals surface area contributed by atoms with Crippen molar-refractivity contribution in [2.24, 2.45) is 0 Å². The van der Waals surface area contributed by atoms with Gasteiger partial charge in [0.2, 0.25) is 0 Å². The van der Waals surface area contributed by atoms with Crippen molar-refractivity contribution in [2.45, 2.75) is 38.9 Å². The molecule has 1 saturated heterocycles.